The van der Waals surface area contributed by atoms with Crippen LogP contribution in [0.5, 0.6) is 0 Å². The molecule has 0 saturated carbocycles. The van der Waals surface area contributed by atoms with Crippen molar-refractivity contribution >= 4 is 11.9 Å². The van der Waals surface area contributed by atoms with Gasteiger partial charge < -0.3 is 15.2 Å². The zero-order valence-electron chi connectivity index (χ0n) is 12.1. The zero-order chi connectivity index (χ0) is 15.1. The Bertz CT molecular complexity index is 482. The molecule has 1 aromatic heterocycles. The summed E-state index contributed by atoms with van der Waals surface area (Å²) in [5.74, 6) is -1.09. The first-order valence-corrected chi connectivity index (χ1v) is 6.47. The third-order valence-electron chi connectivity index (χ3n) is 3.06. The Morgan fingerprint density at radius 3 is 2.65 bits per heavy atom. The molecule has 7 nitrogen and oxygen atoms in total. The van der Waals surface area contributed by atoms with Crippen LogP contribution in [0.1, 0.15) is 23.4 Å². The number of aliphatic carboxylic acids is 1. The summed E-state index contributed by atoms with van der Waals surface area (Å²) in [6.45, 7) is 4.08. The van der Waals surface area contributed by atoms with Gasteiger partial charge in [-0.3, -0.25) is 9.48 Å². The van der Waals surface area contributed by atoms with Gasteiger partial charge in [0.2, 0.25) is 5.91 Å². The van der Waals surface area contributed by atoms with Gasteiger partial charge >= 0.3 is 5.97 Å². The molecule has 0 unspecified atom stereocenters. The lowest BCUT2D eigenvalue weighted by Gasteiger charge is -2.05. The molecule has 0 saturated heterocycles. The van der Waals surface area contributed by atoms with Gasteiger partial charge in [0.05, 0.1) is 12.3 Å². The van der Waals surface area contributed by atoms with Gasteiger partial charge in [0.1, 0.15) is 6.61 Å². The van der Waals surface area contributed by atoms with E-state index in [-0.39, 0.29) is 19.1 Å². The van der Waals surface area contributed by atoms with Crippen LogP contribution in [0, 0.1) is 13.8 Å². The van der Waals surface area contributed by atoms with Crippen molar-refractivity contribution in [2.24, 2.45) is 7.05 Å². The predicted octanol–water partition coefficient (Wildman–Crippen LogP) is 0.187. The second kappa shape index (κ2) is 7.64. The maximum absolute atomic E-state index is 11.6. The predicted molar refractivity (Wildman–Crippen MR) is 72.5 cm³/mol. The minimum absolute atomic E-state index is 0.0772. The summed E-state index contributed by atoms with van der Waals surface area (Å²) < 4.78 is 6.63. The van der Waals surface area contributed by atoms with E-state index in [0.717, 1.165) is 17.0 Å². The number of carbonyl (C=O) groups is 2. The molecule has 1 amide bonds. The van der Waals surface area contributed by atoms with Crippen LogP contribution in [0.4, 0.5) is 0 Å². The van der Waals surface area contributed by atoms with Crippen LogP contribution in [0.25, 0.3) is 0 Å². The number of amides is 1. The molecular weight excluding hydrogens is 262 g/mol. The Hall–Kier alpha value is -1.89. The van der Waals surface area contributed by atoms with E-state index in [1.165, 1.54) is 0 Å². The SMILES string of the molecule is Cc1nn(C)c(C)c1CCC(=O)NCCOCC(=O)O. The van der Waals surface area contributed by atoms with E-state index in [1.54, 1.807) is 0 Å². The number of ether oxygens (including phenoxy) is 1. The number of nitrogens with one attached hydrogen (secondary N) is 1. The van der Waals surface area contributed by atoms with E-state index in [4.69, 9.17) is 9.84 Å². The number of aryl methyl sites for hydroxylation is 2. The fourth-order valence-corrected chi connectivity index (χ4v) is 1.93. The molecule has 1 heterocycles. The first-order valence-electron chi connectivity index (χ1n) is 6.47. The third kappa shape index (κ3) is 5.00. The molecule has 0 atom stereocenters. The molecule has 1 rings (SSSR count). The third-order valence-corrected chi connectivity index (χ3v) is 3.06. The van der Waals surface area contributed by atoms with Crippen molar-refractivity contribution < 1.29 is 19.4 Å². The van der Waals surface area contributed by atoms with Gasteiger partial charge in [-0.2, -0.15) is 5.10 Å². The van der Waals surface area contributed by atoms with Gasteiger partial charge in [-0.1, -0.05) is 0 Å². The first kappa shape index (κ1) is 16.2. The smallest absolute Gasteiger partial charge is 0.329 e. The van der Waals surface area contributed by atoms with Gasteiger partial charge in [-0.15, -0.1) is 0 Å². The fourth-order valence-electron chi connectivity index (χ4n) is 1.93. The van der Waals surface area contributed by atoms with Crippen LogP contribution in [0.15, 0.2) is 0 Å². The lowest BCUT2D eigenvalue weighted by Crippen LogP contribution is -2.28. The molecule has 0 aliphatic rings. The standard InChI is InChI=1S/C13H21N3O4/c1-9-11(10(2)16(3)15-9)4-5-12(17)14-6-7-20-8-13(18)19/h4-8H2,1-3H3,(H,14,17)(H,18,19). The maximum atomic E-state index is 11.6. The largest absolute Gasteiger partial charge is 0.480 e. The highest BCUT2D eigenvalue weighted by Crippen LogP contribution is 2.13. The topological polar surface area (TPSA) is 93.5 Å². The maximum Gasteiger partial charge on any atom is 0.329 e. The fraction of sp³-hybridized carbons (Fsp3) is 0.615. The van der Waals surface area contributed by atoms with Gasteiger partial charge in [-0.25, -0.2) is 4.79 Å². The monoisotopic (exact) mass is 283 g/mol. The number of carbonyl (C=O) groups excluding carboxylic acids is 1. The molecule has 7 heteroatoms. The number of carboxylic acids is 1. The van der Waals surface area contributed by atoms with Crippen LogP contribution in [0.3, 0.4) is 0 Å². The zero-order valence-corrected chi connectivity index (χ0v) is 12.1. The molecule has 0 fully saturated rings. The van der Waals surface area contributed by atoms with Gasteiger partial charge in [0, 0.05) is 25.7 Å². The van der Waals surface area contributed by atoms with Gasteiger partial charge in [-0.05, 0) is 25.8 Å². The number of aromatic nitrogens is 2. The minimum Gasteiger partial charge on any atom is -0.480 e. The quantitative estimate of drug-likeness (QED) is 0.664. The molecule has 0 aliphatic carbocycles. The highest BCUT2D eigenvalue weighted by molar-refractivity contribution is 5.76. The van der Waals surface area contributed by atoms with E-state index in [9.17, 15) is 9.59 Å². The Kier molecular flexibility index (Phi) is 6.17. The molecule has 0 spiro atoms. The van der Waals surface area contributed by atoms with Crippen molar-refractivity contribution in [1.82, 2.24) is 15.1 Å². The molecule has 0 aromatic carbocycles. The van der Waals surface area contributed by atoms with E-state index in [1.807, 2.05) is 25.6 Å². The molecule has 112 valence electrons. The summed E-state index contributed by atoms with van der Waals surface area (Å²) in [5.41, 5.74) is 3.12. The van der Waals surface area contributed by atoms with Crippen molar-refractivity contribution in [3.05, 3.63) is 17.0 Å². The van der Waals surface area contributed by atoms with Crippen molar-refractivity contribution in [3.8, 4) is 0 Å². The van der Waals surface area contributed by atoms with Crippen LogP contribution in [-0.4, -0.2) is 46.5 Å². The summed E-state index contributed by atoms with van der Waals surface area (Å²) >= 11 is 0. The molecule has 0 bridgehead atoms. The molecule has 0 radical (unpaired) electrons. The summed E-state index contributed by atoms with van der Waals surface area (Å²) in [5, 5.41) is 15.4. The Morgan fingerprint density at radius 1 is 1.40 bits per heavy atom. The van der Waals surface area contributed by atoms with Crippen LogP contribution < -0.4 is 5.32 Å². The highest BCUT2D eigenvalue weighted by Gasteiger charge is 2.11. The summed E-state index contributed by atoms with van der Waals surface area (Å²) in [4.78, 5) is 21.8. The van der Waals surface area contributed by atoms with Gasteiger partial charge in [0.25, 0.3) is 0 Å². The Labute approximate surface area is 117 Å². The number of rotatable bonds is 8. The average Bonchev–Trinajstić information content (AvgIpc) is 2.60. The Morgan fingerprint density at radius 2 is 2.10 bits per heavy atom. The molecule has 2 N–H and O–H groups in total. The molecule has 1 aromatic rings. The Balaban J connectivity index is 2.25. The van der Waals surface area contributed by atoms with Crippen LogP contribution in [-0.2, 0) is 27.8 Å². The highest BCUT2D eigenvalue weighted by atomic mass is 16.5. The second-order valence-electron chi connectivity index (χ2n) is 4.57. The number of hydrogen-bond donors (Lipinski definition) is 2. The molecule has 20 heavy (non-hydrogen) atoms. The summed E-state index contributed by atoms with van der Waals surface area (Å²) in [6.07, 6.45) is 1.03. The first-order chi connectivity index (χ1) is 9.41. The molecular formula is C13H21N3O4. The van der Waals surface area contributed by atoms with Crippen molar-refractivity contribution in [3.63, 3.8) is 0 Å². The minimum atomic E-state index is -1.01. The van der Waals surface area contributed by atoms with Gasteiger partial charge in [0.15, 0.2) is 0 Å². The van der Waals surface area contributed by atoms with E-state index in [2.05, 4.69) is 10.4 Å². The summed E-state index contributed by atoms with van der Waals surface area (Å²) in [7, 11) is 1.88. The van der Waals surface area contributed by atoms with Crippen molar-refractivity contribution in [2.45, 2.75) is 26.7 Å². The van der Waals surface area contributed by atoms with Crippen LogP contribution in [0.2, 0.25) is 0 Å². The number of nitrogens with zero attached hydrogens (tertiary/aromatic N) is 2. The second-order valence-corrected chi connectivity index (χ2v) is 4.57. The van der Waals surface area contributed by atoms with Crippen LogP contribution >= 0.6 is 0 Å². The van der Waals surface area contributed by atoms with E-state index < -0.39 is 5.97 Å². The van der Waals surface area contributed by atoms with E-state index in [0.29, 0.717) is 19.4 Å². The number of hydrogen-bond acceptors (Lipinski definition) is 4. The number of carboxylic acid groups (broad SMARTS) is 1. The average molecular weight is 283 g/mol. The lowest BCUT2D eigenvalue weighted by molar-refractivity contribution is -0.142. The molecule has 0 aliphatic heterocycles. The van der Waals surface area contributed by atoms with Crippen molar-refractivity contribution in [1.29, 1.82) is 0 Å². The lowest BCUT2D eigenvalue weighted by atomic mass is 10.1. The normalized spacial score (nSPS) is 10.6. The van der Waals surface area contributed by atoms with E-state index >= 15 is 0 Å². The summed E-state index contributed by atoms with van der Waals surface area (Å²) in [6, 6.07) is 0. The van der Waals surface area contributed by atoms with Crippen molar-refractivity contribution in [2.75, 3.05) is 19.8 Å².